The number of amides is 2. The van der Waals surface area contributed by atoms with Crippen LogP contribution in [0.1, 0.15) is 50.2 Å². The van der Waals surface area contributed by atoms with Crippen LogP contribution in [0.25, 0.3) is 0 Å². The van der Waals surface area contributed by atoms with E-state index in [4.69, 9.17) is 10.7 Å². The SMILES string of the molecule is CC[C@@H](NC(=O)[C@@H](C)N)C(=O)N1CCC[C@@H]1C=N/C(=C\S)C(c1ccccc1)c1ccccc1. The molecule has 0 bridgehead atoms. The molecule has 2 amide bonds. The topological polar surface area (TPSA) is 87.8 Å². The van der Waals surface area contributed by atoms with Crippen molar-refractivity contribution < 1.29 is 9.59 Å². The lowest BCUT2D eigenvalue weighted by molar-refractivity contribution is -0.136. The number of carbonyl (C=O) groups is 2. The number of aliphatic imine (C=N–C) groups is 1. The van der Waals surface area contributed by atoms with E-state index in [1.165, 1.54) is 0 Å². The molecule has 0 radical (unpaired) electrons. The summed E-state index contributed by atoms with van der Waals surface area (Å²) in [5.74, 6) is -0.488. The van der Waals surface area contributed by atoms with E-state index in [-0.39, 0.29) is 23.8 Å². The van der Waals surface area contributed by atoms with Gasteiger partial charge in [0, 0.05) is 12.8 Å². The van der Waals surface area contributed by atoms with Crippen LogP contribution in [0.2, 0.25) is 0 Å². The number of benzene rings is 2. The Morgan fingerprint density at radius 1 is 1.15 bits per heavy atom. The lowest BCUT2D eigenvalue weighted by Crippen LogP contribution is -2.52. The molecule has 1 saturated heterocycles. The van der Waals surface area contributed by atoms with Crippen LogP contribution in [0, 0.1) is 0 Å². The van der Waals surface area contributed by atoms with E-state index in [0.29, 0.717) is 13.0 Å². The first kappa shape index (κ1) is 25.7. The highest BCUT2D eigenvalue weighted by Crippen LogP contribution is 2.33. The lowest BCUT2D eigenvalue weighted by atomic mass is 9.89. The van der Waals surface area contributed by atoms with Crippen molar-refractivity contribution in [3.8, 4) is 0 Å². The van der Waals surface area contributed by atoms with E-state index in [1.807, 2.05) is 54.4 Å². The van der Waals surface area contributed by atoms with Crippen LogP contribution < -0.4 is 11.1 Å². The van der Waals surface area contributed by atoms with Crippen LogP contribution in [-0.2, 0) is 9.59 Å². The van der Waals surface area contributed by atoms with Gasteiger partial charge in [0.2, 0.25) is 11.8 Å². The van der Waals surface area contributed by atoms with Gasteiger partial charge in [-0.15, -0.1) is 12.6 Å². The van der Waals surface area contributed by atoms with E-state index >= 15 is 0 Å². The first-order valence-corrected chi connectivity index (χ1v) is 12.3. The molecule has 3 N–H and O–H groups in total. The second-order valence-corrected chi connectivity index (χ2v) is 8.84. The fourth-order valence-electron chi connectivity index (χ4n) is 4.24. The van der Waals surface area contributed by atoms with Gasteiger partial charge in [-0.3, -0.25) is 14.6 Å². The van der Waals surface area contributed by atoms with Crippen LogP contribution in [0.15, 0.2) is 76.8 Å². The molecule has 7 heteroatoms. The number of allylic oxidation sites excluding steroid dienone is 1. The number of rotatable bonds is 9. The number of carbonyl (C=O) groups excluding carboxylic acids is 2. The zero-order valence-electron chi connectivity index (χ0n) is 19.8. The minimum atomic E-state index is -0.659. The predicted octanol–water partition coefficient (Wildman–Crippen LogP) is 3.89. The van der Waals surface area contributed by atoms with E-state index in [9.17, 15) is 9.59 Å². The second kappa shape index (κ2) is 12.5. The van der Waals surface area contributed by atoms with E-state index in [1.54, 1.807) is 12.3 Å². The van der Waals surface area contributed by atoms with E-state index in [0.717, 1.165) is 29.7 Å². The molecule has 6 nitrogen and oxygen atoms in total. The molecule has 0 aliphatic carbocycles. The molecule has 3 atom stereocenters. The maximum Gasteiger partial charge on any atom is 0.245 e. The van der Waals surface area contributed by atoms with Gasteiger partial charge in [-0.25, -0.2) is 0 Å². The van der Waals surface area contributed by atoms with E-state index < -0.39 is 12.1 Å². The summed E-state index contributed by atoms with van der Waals surface area (Å²) >= 11 is 4.48. The Bertz CT molecular complexity index is 968. The van der Waals surface area contributed by atoms with Gasteiger partial charge < -0.3 is 16.0 Å². The van der Waals surface area contributed by atoms with Crippen molar-refractivity contribution in [2.45, 2.75) is 57.2 Å². The second-order valence-electron chi connectivity index (χ2n) is 8.59. The monoisotopic (exact) mass is 478 g/mol. The minimum Gasteiger partial charge on any atom is -0.343 e. The average molecular weight is 479 g/mol. The summed E-state index contributed by atoms with van der Waals surface area (Å²) < 4.78 is 0. The van der Waals surface area contributed by atoms with Crippen molar-refractivity contribution in [2.75, 3.05) is 6.54 Å². The maximum atomic E-state index is 13.2. The van der Waals surface area contributed by atoms with Gasteiger partial charge in [0.05, 0.1) is 23.7 Å². The molecule has 1 aliphatic rings. The summed E-state index contributed by atoms with van der Waals surface area (Å²) in [5.41, 5.74) is 8.71. The Kier molecular flexibility index (Phi) is 9.48. The van der Waals surface area contributed by atoms with Crippen LogP contribution in [0.4, 0.5) is 0 Å². The minimum absolute atomic E-state index is 0.0737. The standard InChI is InChI=1S/C27H34N4O2S/c1-3-23(30-26(32)19(2)28)27(33)31-16-10-15-22(31)17-29-24(18-34)25(20-11-6-4-7-12-20)21-13-8-5-9-14-21/h4-9,11-14,17-19,22-23,25,34H,3,10,15-16,28H2,1-2H3,(H,30,32)/b24-18-,29-17?/t19-,22-,23-/m1/s1. The molecule has 1 heterocycles. The lowest BCUT2D eigenvalue weighted by Gasteiger charge is -2.27. The van der Waals surface area contributed by atoms with Crippen molar-refractivity contribution in [3.05, 3.63) is 82.9 Å². The summed E-state index contributed by atoms with van der Waals surface area (Å²) in [6.45, 7) is 4.13. The third kappa shape index (κ3) is 6.36. The average Bonchev–Trinajstić information content (AvgIpc) is 3.34. The third-order valence-corrected chi connectivity index (χ3v) is 6.37. The smallest absolute Gasteiger partial charge is 0.245 e. The maximum absolute atomic E-state index is 13.2. The number of nitrogens with two attached hydrogens (primary N) is 1. The third-order valence-electron chi connectivity index (χ3n) is 6.11. The Morgan fingerprint density at radius 3 is 2.24 bits per heavy atom. The Balaban J connectivity index is 1.82. The fourth-order valence-corrected chi connectivity index (χ4v) is 4.46. The number of likely N-dealkylation sites (tertiary alicyclic amines) is 1. The molecule has 0 saturated carbocycles. The quantitative estimate of drug-likeness (QED) is 0.377. The van der Waals surface area contributed by atoms with Crippen LogP contribution >= 0.6 is 12.6 Å². The molecule has 0 aromatic heterocycles. The highest BCUT2D eigenvalue weighted by Gasteiger charge is 2.33. The molecule has 34 heavy (non-hydrogen) atoms. The molecule has 2 aromatic rings. The molecule has 180 valence electrons. The predicted molar refractivity (Wildman–Crippen MR) is 141 cm³/mol. The van der Waals surface area contributed by atoms with Gasteiger partial charge >= 0.3 is 0 Å². The summed E-state index contributed by atoms with van der Waals surface area (Å²) in [5, 5.41) is 4.51. The summed E-state index contributed by atoms with van der Waals surface area (Å²) in [4.78, 5) is 31.9. The molecular weight excluding hydrogens is 444 g/mol. The normalized spacial score (nSPS) is 18.3. The van der Waals surface area contributed by atoms with Gasteiger partial charge in [-0.1, -0.05) is 67.6 Å². The van der Waals surface area contributed by atoms with Gasteiger partial charge in [0.25, 0.3) is 0 Å². The van der Waals surface area contributed by atoms with Crippen LogP contribution in [0.3, 0.4) is 0 Å². The van der Waals surface area contributed by atoms with Crippen molar-refractivity contribution in [2.24, 2.45) is 10.7 Å². The molecule has 0 spiro atoms. The number of hydrogen-bond donors (Lipinski definition) is 3. The summed E-state index contributed by atoms with van der Waals surface area (Å²) in [6.07, 6.45) is 4.07. The van der Waals surface area contributed by atoms with Gasteiger partial charge in [-0.2, -0.15) is 0 Å². The number of nitrogens with one attached hydrogen (secondary N) is 1. The van der Waals surface area contributed by atoms with E-state index in [2.05, 4.69) is 42.2 Å². The zero-order chi connectivity index (χ0) is 24.5. The largest absolute Gasteiger partial charge is 0.343 e. The molecular formula is C27H34N4O2S. The fraction of sp³-hybridized carbons (Fsp3) is 0.370. The highest BCUT2D eigenvalue weighted by molar-refractivity contribution is 7.83. The van der Waals surface area contributed by atoms with Gasteiger partial charge in [0.15, 0.2) is 0 Å². The van der Waals surface area contributed by atoms with Crippen molar-refractivity contribution in [1.29, 1.82) is 0 Å². The van der Waals surface area contributed by atoms with Crippen molar-refractivity contribution in [1.82, 2.24) is 10.2 Å². The Hall–Kier alpha value is -2.90. The number of hydrogen-bond acceptors (Lipinski definition) is 5. The molecule has 1 fully saturated rings. The first-order chi connectivity index (χ1) is 16.5. The van der Waals surface area contributed by atoms with Crippen molar-refractivity contribution in [3.63, 3.8) is 0 Å². The molecule has 0 unspecified atom stereocenters. The van der Waals surface area contributed by atoms with Crippen molar-refractivity contribution >= 4 is 30.7 Å². The van der Waals surface area contributed by atoms with Crippen LogP contribution in [-0.4, -0.2) is 47.6 Å². The number of thiol groups is 1. The Morgan fingerprint density at radius 2 is 1.74 bits per heavy atom. The molecule has 2 aromatic carbocycles. The first-order valence-electron chi connectivity index (χ1n) is 11.8. The number of nitrogens with zero attached hydrogens (tertiary/aromatic N) is 2. The summed E-state index contributed by atoms with van der Waals surface area (Å²) in [6, 6.07) is 19.0. The van der Waals surface area contributed by atoms with Gasteiger partial charge in [-0.05, 0) is 42.7 Å². The summed E-state index contributed by atoms with van der Waals surface area (Å²) in [7, 11) is 0. The molecule has 3 rings (SSSR count). The Labute approximate surface area is 207 Å². The zero-order valence-corrected chi connectivity index (χ0v) is 20.7. The molecule has 1 aliphatic heterocycles. The van der Waals surface area contributed by atoms with Crippen LogP contribution in [0.5, 0.6) is 0 Å². The highest BCUT2D eigenvalue weighted by atomic mass is 32.1. The van der Waals surface area contributed by atoms with Gasteiger partial charge in [0.1, 0.15) is 6.04 Å².